The molecule has 112 valence electrons. The molecule has 4 nitrogen and oxygen atoms in total. The summed E-state index contributed by atoms with van der Waals surface area (Å²) in [6.45, 7) is 2.49. The highest BCUT2D eigenvalue weighted by Crippen LogP contribution is 2.31. The Morgan fingerprint density at radius 1 is 1.48 bits per heavy atom. The predicted octanol–water partition coefficient (Wildman–Crippen LogP) is 2.84. The number of rotatable bonds is 3. The van der Waals surface area contributed by atoms with Gasteiger partial charge in [-0.1, -0.05) is 19.8 Å². The van der Waals surface area contributed by atoms with E-state index in [9.17, 15) is 9.90 Å². The molecule has 1 aliphatic carbocycles. The van der Waals surface area contributed by atoms with Gasteiger partial charge in [0, 0.05) is 29.2 Å². The molecule has 3 rings (SSSR count). The zero-order valence-corrected chi connectivity index (χ0v) is 12.4. The Morgan fingerprint density at radius 3 is 3.14 bits per heavy atom. The highest BCUT2D eigenvalue weighted by Gasteiger charge is 2.32. The van der Waals surface area contributed by atoms with E-state index < -0.39 is 5.60 Å². The lowest BCUT2D eigenvalue weighted by molar-refractivity contribution is -0.0109. The van der Waals surface area contributed by atoms with Crippen LogP contribution >= 0.6 is 0 Å². The van der Waals surface area contributed by atoms with Crippen LogP contribution in [0.2, 0.25) is 0 Å². The van der Waals surface area contributed by atoms with Crippen LogP contribution in [-0.4, -0.2) is 28.1 Å². The second-order valence-corrected chi connectivity index (χ2v) is 6.39. The molecule has 2 atom stereocenters. The molecule has 1 saturated carbocycles. The second-order valence-electron chi connectivity index (χ2n) is 6.39. The third-order valence-corrected chi connectivity index (χ3v) is 4.46. The van der Waals surface area contributed by atoms with Crippen molar-refractivity contribution in [1.82, 2.24) is 10.3 Å². The van der Waals surface area contributed by atoms with E-state index in [0.29, 0.717) is 18.0 Å². The summed E-state index contributed by atoms with van der Waals surface area (Å²) in [7, 11) is 0. The van der Waals surface area contributed by atoms with Crippen LogP contribution < -0.4 is 5.32 Å². The number of aromatic nitrogens is 1. The van der Waals surface area contributed by atoms with Gasteiger partial charge in [-0.15, -0.1) is 0 Å². The van der Waals surface area contributed by atoms with Gasteiger partial charge in [-0.25, -0.2) is 0 Å². The minimum atomic E-state index is -0.745. The fourth-order valence-corrected chi connectivity index (χ4v) is 3.33. The second kappa shape index (κ2) is 5.53. The number of amides is 1. The summed E-state index contributed by atoms with van der Waals surface area (Å²) in [4.78, 5) is 15.4. The number of hydrogen-bond donors (Lipinski definition) is 3. The van der Waals surface area contributed by atoms with Gasteiger partial charge in [-0.3, -0.25) is 4.79 Å². The Bertz CT molecular complexity index is 649. The third kappa shape index (κ3) is 3.10. The molecular formula is C17H22N2O2. The topological polar surface area (TPSA) is 65.1 Å². The Hall–Kier alpha value is -1.81. The molecule has 0 spiro atoms. The van der Waals surface area contributed by atoms with Crippen LogP contribution in [0, 0.1) is 5.92 Å². The van der Waals surface area contributed by atoms with E-state index in [4.69, 9.17) is 0 Å². The number of aromatic amines is 1. The van der Waals surface area contributed by atoms with Crippen LogP contribution in [-0.2, 0) is 0 Å². The lowest BCUT2D eigenvalue weighted by Gasteiger charge is -2.35. The van der Waals surface area contributed by atoms with Crippen LogP contribution in [0.5, 0.6) is 0 Å². The molecule has 21 heavy (non-hydrogen) atoms. The maximum Gasteiger partial charge on any atom is 0.251 e. The quantitative estimate of drug-likeness (QED) is 0.812. The van der Waals surface area contributed by atoms with Crippen molar-refractivity contribution in [2.75, 3.05) is 6.54 Å². The van der Waals surface area contributed by atoms with Gasteiger partial charge in [0.15, 0.2) is 0 Å². The summed E-state index contributed by atoms with van der Waals surface area (Å²) >= 11 is 0. The number of aliphatic hydroxyl groups is 1. The van der Waals surface area contributed by atoms with Gasteiger partial charge in [0.1, 0.15) is 0 Å². The molecule has 2 aromatic rings. The molecule has 1 heterocycles. The van der Waals surface area contributed by atoms with Crippen LogP contribution in [0.1, 0.15) is 43.0 Å². The molecule has 0 radical (unpaired) electrons. The molecular weight excluding hydrogens is 264 g/mol. The predicted molar refractivity (Wildman–Crippen MR) is 83.2 cm³/mol. The van der Waals surface area contributed by atoms with E-state index >= 15 is 0 Å². The summed E-state index contributed by atoms with van der Waals surface area (Å²) < 4.78 is 0. The zero-order valence-electron chi connectivity index (χ0n) is 12.4. The molecule has 1 aromatic heterocycles. The largest absolute Gasteiger partial charge is 0.388 e. The molecule has 1 aliphatic rings. The monoisotopic (exact) mass is 286 g/mol. The third-order valence-electron chi connectivity index (χ3n) is 4.46. The first-order valence-corrected chi connectivity index (χ1v) is 7.63. The highest BCUT2D eigenvalue weighted by molar-refractivity contribution is 5.98. The maximum absolute atomic E-state index is 12.2. The molecule has 3 N–H and O–H groups in total. The lowest BCUT2D eigenvalue weighted by atomic mass is 9.79. The Labute approximate surface area is 124 Å². The van der Waals surface area contributed by atoms with E-state index in [1.807, 2.05) is 30.5 Å². The molecule has 4 heteroatoms. The van der Waals surface area contributed by atoms with Gasteiger partial charge in [0.2, 0.25) is 0 Å². The Balaban J connectivity index is 1.65. The van der Waals surface area contributed by atoms with Gasteiger partial charge in [-0.2, -0.15) is 0 Å². The molecule has 1 fully saturated rings. The van der Waals surface area contributed by atoms with Crippen molar-refractivity contribution >= 4 is 16.8 Å². The summed E-state index contributed by atoms with van der Waals surface area (Å²) in [5, 5.41) is 14.5. The summed E-state index contributed by atoms with van der Waals surface area (Å²) in [5.41, 5.74) is 0.909. The summed E-state index contributed by atoms with van der Waals surface area (Å²) in [6, 6.07) is 7.53. The number of carbonyl (C=O) groups excluding carboxylic acids is 1. The molecule has 2 unspecified atom stereocenters. The van der Waals surface area contributed by atoms with Gasteiger partial charge >= 0.3 is 0 Å². The number of benzene rings is 1. The number of fused-ring (bicyclic) bond motifs is 1. The van der Waals surface area contributed by atoms with Crippen LogP contribution in [0.15, 0.2) is 30.5 Å². The normalized spacial score (nSPS) is 25.9. The van der Waals surface area contributed by atoms with Crippen molar-refractivity contribution in [2.45, 2.75) is 38.2 Å². The summed E-state index contributed by atoms with van der Waals surface area (Å²) in [5.74, 6) is 0.404. The fraction of sp³-hybridized carbons (Fsp3) is 0.471. The van der Waals surface area contributed by atoms with Crippen LogP contribution in [0.25, 0.3) is 10.9 Å². The SMILES string of the molecule is CC1CCCC(O)(CNC(=O)c2ccc3[nH]ccc3c2)C1. The van der Waals surface area contributed by atoms with Crippen molar-refractivity contribution in [2.24, 2.45) is 5.92 Å². The van der Waals surface area contributed by atoms with Crippen LogP contribution in [0.4, 0.5) is 0 Å². The van der Waals surface area contributed by atoms with Crippen molar-refractivity contribution in [3.8, 4) is 0 Å². The Kier molecular flexibility index (Phi) is 3.72. The molecule has 0 aliphatic heterocycles. The van der Waals surface area contributed by atoms with E-state index in [0.717, 1.165) is 30.2 Å². The fourth-order valence-electron chi connectivity index (χ4n) is 3.33. The van der Waals surface area contributed by atoms with Crippen molar-refractivity contribution in [3.05, 3.63) is 36.0 Å². The van der Waals surface area contributed by atoms with Crippen molar-refractivity contribution < 1.29 is 9.90 Å². The first-order valence-electron chi connectivity index (χ1n) is 7.63. The molecule has 0 saturated heterocycles. The average molecular weight is 286 g/mol. The standard InChI is InChI=1S/C17H22N2O2/c1-12-3-2-7-17(21,10-12)11-19-16(20)14-4-5-15-13(9-14)6-8-18-15/h4-6,8-9,12,18,21H,2-3,7,10-11H2,1H3,(H,19,20). The first kappa shape index (κ1) is 14.1. The van der Waals surface area contributed by atoms with Gasteiger partial charge in [0.05, 0.1) is 5.60 Å². The lowest BCUT2D eigenvalue weighted by Crippen LogP contribution is -2.45. The zero-order chi connectivity index (χ0) is 14.9. The van der Waals surface area contributed by atoms with Crippen molar-refractivity contribution in [1.29, 1.82) is 0 Å². The van der Waals surface area contributed by atoms with Gasteiger partial charge in [-0.05, 0) is 43.0 Å². The minimum absolute atomic E-state index is 0.121. The number of nitrogens with one attached hydrogen (secondary N) is 2. The number of carbonyl (C=O) groups is 1. The molecule has 1 amide bonds. The first-order chi connectivity index (χ1) is 10.1. The van der Waals surface area contributed by atoms with E-state index in [1.165, 1.54) is 6.42 Å². The van der Waals surface area contributed by atoms with Gasteiger partial charge in [0.25, 0.3) is 5.91 Å². The molecule has 1 aromatic carbocycles. The van der Waals surface area contributed by atoms with E-state index in [2.05, 4.69) is 17.2 Å². The smallest absolute Gasteiger partial charge is 0.251 e. The van der Waals surface area contributed by atoms with Crippen LogP contribution in [0.3, 0.4) is 0 Å². The van der Waals surface area contributed by atoms with E-state index in [1.54, 1.807) is 0 Å². The Morgan fingerprint density at radius 2 is 2.33 bits per heavy atom. The van der Waals surface area contributed by atoms with Crippen molar-refractivity contribution in [3.63, 3.8) is 0 Å². The van der Waals surface area contributed by atoms with E-state index in [-0.39, 0.29) is 5.91 Å². The summed E-state index contributed by atoms with van der Waals surface area (Å²) in [6.07, 6.45) is 5.60. The number of hydrogen-bond acceptors (Lipinski definition) is 2. The maximum atomic E-state index is 12.2. The minimum Gasteiger partial charge on any atom is -0.388 e. The number of H-pyrrole nitrogens is 1. The highest BCUT2D eigenvalue weighted by atomic mass is 16.3. The molecule has 0 bridgehead atoms. The average Bonchev–Trinajstić information content (AvgIpc) is 2.92. The van der Waals surface area contributed by atoms with Gasteiger partial charge < -0.3 is 15.4 Å².